The largest absolute Gasteiger partial charge is 0.256 e. The van der Waals surface area contributed by atoms with Crippen LogP contribution < -0.4 is 0 Å². The van der Waals surface area contributed by atoms with Crippen LogP contribution in [-0.4, -0.2) is 24.9 Å². The van der Waals surface area contributed by atoms with E-state index in [9.17, 15) is 5.26 Å². The fourth-order valence-corrected chi connectivity index (χ4v) is 6.60. The van der Waals surface area contributed by atoms with Crippen LogP contribution in [0.25, 0.3) is 89.5 Å². The Morgan fingerprint density at radius 2 is 0.962 bits per heavy atom. The molecule has 0 aliphatic rings. The molecule has 0 saturated heterocycles. The molecule has 0 amide bonds. The van der Waals surface area contributed by atoms with Crippen molar-refractivity contribution in [3.8, 4) is 73.7 Å². The molecular weight excluding hydrogens is 637 g/mol. The highest BCUT2D eigenvalue weighted by molar-refractivity contribution is 6.02. The van der Waals surface area contributed by atoms with Crippen LogP contribution in [0.4, 0.5) is 0 Å². The van der Waals surface area contributed by atoms with Gasteiger partial charge in [-0.05, 0) is 41.8 Å². The molecule has 0 aliphatic heterocycles. The first-order valence-electron chi connectivity index (χ1n) is 17.0. The van der Waals surface area contributed by atoms with E-state index in [4.69, 9.17) is 19.9 Å². The van der Waals surface area contributed by atoms with Gasteiger partial charge in [0.1, 0.15) is 0 Å². The zero-order valence-electron chi connectivity index (χ0n) is 27.8. The maximum Gasteiger partial charge on any atom is 0.160 e. The van der Waals surface area contributed by atoms with Gasteiger partial charge in [-0.25, -0.2) is 19.9 Å². The molecule has 0 unspecified atom stereocenters. The highest BCUT2D eigenvalue weighted by Gasteiger charge is 2.18. The van der Waals surface area contributed by atoms with Crippen molar-refractivity contribution >= 4 is 21.8 Å². The number of hydrogen-bond donors (Lipinski definition) is 0. The molecule has 6 aromatic carbocycles. The van der Waals surface area contributed by atoms with E-state index in [1.54, 1.807) is 6.20 Å². The van der Waals surface area contributed by atoms with Crippen LogP contribution in [0.5, 0.6) is 0 Å². The van der Waals surface area contributed by atoms with Gasteiger partial charge in [-0.15, -0.1) is 0 Å². The van der Waals surface area contributed by atoms with E-state index >= 15 is 0 Å². The van der Waals surface area contributed by atoms with Crippen molar-refractivity contribution < 1.29 is 0 Å². The second-order valence-electron chi connectivity index (χ2n) is 12.4. The maximum atomic E-state index is 9.82. The Hall–Kier alpha value is -7.36. The van der Waals surface area contributed by atoms with Gasteiger partial charge in [0.15, 0.2) is 5.82 Å². The Kier molecular flexibility index (Phi) is 7.77. The quantitative estimate of drug-likeness (QED) is 0.176. The number of pyridine rings is 1. The number of nitriles is 1. The topological polar surface area (TPSA) is 88.2 Å². The first-order chi connectivity index (χ1) is 25.7. The van der Waals surface area contributed by atoms with Crippen molar-refractivity contribution in [2.24, 2.45) is 0 Å². The van der Waals surface area contributed by atoms with E-state index in [1.165, 1.54) is 0 Å². The van der Waals surface area contributed by atoms with Gasteiger partial charge < -0.3 is 0 Å². The molecule has 0 N–H and O–H groups in total. The molecule has 242 valence electrons. The zero-order chi connectivity index (χ0) is 34.9. The molecule has 0 radical (unpaired) electrons. The van der Waals surface area contributed by atoms with Gasteiger partial charge >= 0.3 is 0 Å². The molecular formula is C46H28N6. The van der Waals surface area contributed by atoms with Gasteiger partial charge in [-0.2, -0.15) is 5.26 Å². The monoisotopic (exact) mass is 664 g/mol. The average molecular weight is 665 g/mol. The summed E-state index contributed by atoms with van der Waals surface area (Å²) in [5.74, 6) is 0.625. The standard InChI is InChI=1S/C46H28N6/c47-29-35-25-26-38(37-13-5-4-12-36(35)37)45-44(49-40-15-6-7-16-41(40)50-45)33-21-23-34(24-22-33)46-51-42(30-10-2-1-3-11-30)28-43(52-46)32-19-17-31(18-20-32)39-14-8-9-27-48-39/h1-28H. The van der Waals surface area contributed by atoms with Crippen LogP contribution in [0, 0.1) is 11.3 Å². The average Bonchev–Trinajstić information content (AvgIpc) is 3.23. The van der Waals surface area contributed by atoms with Crippen LogP contribution in [0.2, 0.25) is 0 Å². The van der Waals surface area contributed by atoms with Crippen molar-refractivity contribution in [3.05, 3.63) is 176 Å². The molecule has 0 aliphatic carbocycles. The fourth-order valence-electron chi connectivity index (χ4n) is 6.60. The van der Waals surface area contributed by atoms with Gasteiger partial charge in [0, 0.05) is 45.0 Å². The molecule has 0 bridgehead atoms. The zero-order valence-corrected chi connectivity index (χ0v) is 27.8. The Labute approximate surface area is 300 Å². The first kappa shape index (κ1) is 30.7. The first-order valence-corrected chi connectivity index (χ1v) is 17.0. The summed E-state index contributed by atoms with van der Waals surface area (Å²) >= 11 is 0. The molecule has 0 saturated carbocycles. The number of aromatic nitrogens is 5. The van der Waals surface area contributed by atoms with E-state index < -0.39 is 0 Å². The van der Waals surface area contributed by atoms with Crippen LogP contribution >= 0.6 is 0 Å². The summed E-state index contributed by atoms with van der Waals surface area (Å²) in [6.07, 6.45) is 1.81. The Balaban J connectivity index is 1.15. The summed E-state index contributed by atoms with van der Waals surface area (Å²) in [7, 11) is 0. The third-order valence-corrected chi connectivity index (χ3v) is 9.22. The predicted molar refractivity (Wildman–Crippen MR) is 208 cm³/mol. The van der Waals surface area contributed by atoms with Gasteiger partial charge in [0.2, 0.25) is 0 Å². The van der Waals surface area contributed by atoms with Crippen molar-refractivity contribution in [1.82, 2.24) is 24.9 Å². The molecule has 6 nitrogen and oxygen atoms in total. The van der Waals surface area contributed by atoms with Crippen LogP contribution in [0.1, 0.15) is 5.56 Å². The lowest BCUT2D eigenvalue weighted by Gasteiger charge is -2.14. The SMILES string of the molecule is N#Cc1ccc(-c2nc3ccccc3nc2-c2ccc(-c3nc(-c4ccccc4)cc(-c4ccc(-c5ccccn5)cc4)n3)cc2)c2ccccc12. The molecule has 52 heavy (non-hydrogen) atoms. The van der Waals surface area contributed by atoms with Crippen molar-refractivity contribution in [2.45, 2.75) is 0 Å². The number of para-hydroxylation sites is 2. The summed E-state index contributed by atoms with van der Waals surface area (Å²) in [6.45, 7) is 0. The minimum atomic E-state index is 0.625. The number of benzene rings is 6. The molecule has 0 spiro atoms. The Morgan fingerprint density at radius 1 is 0.404 bits per heavy atom. The molecule has 3 aromatic heterocycles. The minimum Gasteiger partial charge on any atom is -0.256 e. The Bertz CT molecular complexity index is 2770. The second kappa shape index (κ2) is 13.2. The van der Waals surface area contributed by atoms with E-state index in [2.05, 4.69) is 59.6 Å². The number of rotatable bonds is 6. The lowest BCUT2D eigenvalue weighted by molar-refractivity contribution is 1.18. The fraction of sp³-hybridized carbons (Fsp3) is 0. The second-order valence-corrected chi connectivity index (χ2v) is 12.4. The van der Waals surface area contributed by atoms with E-state index in [-0.39, 0.29) is 0 Å². The lowest BCUT2D eigenvalue weighted by atomic mass is 9.95. The van der Waals surface area contributed by atoms with Crippen LogP contribution in [-0.2, 0) is 0 Å². The van der Waals surface area contributed by atoms with Gasteiger partial charge in [-0.1, -0.05) is 127 Å². The molecule has 6 heteroatoms. The number of nitrogens with zero attached hydrogens (tertiary/aromatic N) is 6. The highest BCUT2D eigenvalue weighted by atomic mass is 14.9. The van der Waals surface area contributed by atoms with E-state index in [0.717, 1.165) is 83.7 Å². The molecule has 0 atom stereocenters. The normalized spacial score (nSPS) is 11.1. The maximum absolute atomic E-state index is 9.82. The molecule has 9 aromatic rings. The predicted octanol–water partition coefficient (Wildman–Crippen LogP) is 10.8. The third-order valence-electron chi connectivity index (χ3n) is 9.22. The lowest BCUT2D eigenvalue weighted by Crippen LogP contribution is -1.98. The molecule has 9 rings (SSSR count). The summed E-state index contributed by atoms with van der Waals surface area (Å²) < 4.78 is 0. The van der Waals surface area contributed by atoms with Crippen LogP contribution in [0.3, 0.4) is 0 Å². The number of fused-ring (bicyclic) bond motifs is 2. The van der Waals surface area contributed by atoms with Gasteiger partial charge in [0.25, 0.3) is 0 Å². The highest BCUT2D eigenvalue weighted by Crippen LogP contribution is 2.37. The van der Waals surface area contributed by atoms with Crippen molar-refractivity contribution in [3.63, 3.8) is 0 Å². The minimum absolute atomic E-state index is 0.625. The van der Waals surface area contributed by atoms with E-state index in [1.807, 2.05) is 115 Å². The van der Waals surface area contributed by atoms with Crippen LogP contribution in [0.15, 0.2) is 170 Å². The molecule has 0 fully saturated rings. The van der Waals surface area contributed by atoms with E-state index in [0.29, 0.717) is 11.4 Å². The van der Waals surface area contributed by atoms with Crippen molar-refractivity contribution in [2.75, 3.05) is 0 Å². The van der Waals surface area contributed by atoms with Gasteiger partial charge in [0.05, 0.1) is 51.1 Å². The third kappa shape index (κ3) is 5.73. The summed E-state index contributed by atoms with van der Waals surface area (Å²) in [6, 6.07) is 56.7. The molecule has 3 heterocycles. The summed E-state index contributed by atoms with van der Waals surface area (Å²) in [4.78, 5) is 24.9. The van der Waals surface area contributed by atoms with Gasteiger partial charge in [-0.3, -0.25) is 4.98 Å². The smallest absolute Gasteiger partial charge is 0.160 e. The van der Waals surface area contributed by atoms with Crippen molar-refractivity contribution in [1.29, 1.82) is 5.26 Å². The Morgan fingerprint density at radius 3 is 1.63 bits per heavy atom. The summed E-state index contributed by atoms with van der Waals surface area (Å²) in [5, 5.41) is 11.7. The number of hydrogen-bond acceptors (Lipinski definition) is 6. The summed E-state index contributed by atoms with van der Waals surface area (Å²) in [5.41, 5.74) is 12.1.